The van der Waals surface area contributed by atoms with E-state index >= 15 is 0 Å². The summed E-state index contributed by atoms with van der Waals surface area (Å²) in [4.78, 5) is 11.8. The van der Waals surface area contributed by atoms with E-state index in [1.807, 2.05) is 45.9 Å². The second-order valence-electron chi connectivity index (χ2n) is 5.96. The van der Waals surface area contributed by atoms with Crippen LogP contribution in [0.25, 0.3) is 0 Å². The van der Waals surface area contributed by atoms with Gasteiger partial charge in [-0.05, 0) is 35.7 Å². The lowest BCUT2D eigenvalue weighted by Crippen LogP contribution is -2.37. The average Bonchev–Trinajstić information content (AvgIpc) is 2.43. The predicted octanol–water partition coefficient (Wildman–Crippen LogP) is 4.54. The van der Waals surface area contributed by atoms with Crippen LogP contribution < -0.4 is 5.32 Å². The van der Waals surface area contributed by atoms with E-state index in [9.17, 15) is 8.90 Å². The Bertz CT molecular complexity index is 412. The SMILES string of the molecule is CC(C)[Si](F)(CCCNC(=O)c1ccccc1)C(C)C. The Morgan fingerprint density at radius 1 is 1.15 bits per heavy atom. The summed E-state index contributed by atoms with van der Waals surface area (Å²) in [6, 6.07) is 9.75. The van der Waals surface area contributed by atoms with E-state index in [0.29, 0.717) is 18.2 Å². The van der Waals surface area contributed by atoms with Gasteiger partial charge >= 0.3 is 0 Å². The number of halogens is 1. The minimum Gasteiger partial charge on any atom is -0.352 e. The zero-order chi connectivity index (χ0) is 15.2. The monoisotopic (exact) mass is 295 g/mol. The molecule has 4 heteroatoms. The molecule has 0 saturated heterocycles. The first kappa shape index (κ1) is 16.9. The number of carbonyl (C=O) groups excluding carboxylic acids is 1. The third-order valence-electron chi connectivity index (χ3n) is 3.98. The minimum absolute atomic E-state index is 0.0779. The molecule has 1 aromatic carbocycles. The van der Waals surface area contributed by atoms with Crippen LogP contribution in [0.1, 0.15) is 44.5 Å². The molecule has 1 rings (SSSR count). The minimum atomic E-state index is -2.71. The molecule has 2 nitrogen and oxygen atoms in total. The Kier molecular flexibility index (Phi) is 6.40. The number of rotatable bonds is 7. The van der Waals surface area contributed by atoms with Gasteiger partial charge in [0.05, 0.1) is 0 Å². The van der Waals surface area contributed by atoms with Crippen LogP contribution in [0.4, 0.5) is 4.11 Å². The zero-order valence-electron chi connectivity index (χ0n) is 12.9. The molecular formula is C16H26FNOSi. The molecule has 20 heavy (non-hydrogen) atoms. The molecule has 0 atom stereocenters. The highest BCUT2D eigenvalue weighted by atomic mass is 28.4. The molecule has 0 radical (unpaired) electrons. The van der Waals surface area contributed by atoms with Gasteiger partial charge in [-0.25, -0.2) is 0 Å². The van der Waals surface area contributed by atoms with Gasteiger partial charge in [0.25, 0.3) is 14.3 Å². The van der Waals surface area contributed by atoms with E-state index in [-0.39, 0.29) is 17.0 Å². The number of carbonyl (C=O) groups is 1. The lowest BCUT2D eigenvalue weighted by Gasteiger charge is -2.30. The first-order valence-corrected chi connectivity index (χ1v) is 9.64. The summed E-state index contributed by atoms with van der Waals surface area (Å²) in [5.41, 5.74) is 0.920. The van der Waals surface area contributed by atoms with Crippen molar-refractivity contribution in [2.45, 2.75) is 51.2 Å². The topological polar surface area (TPSA) is 29.1 Å². The van der Waals surface area contributed by atoms with Gasteiger partial charge in [0.15, 0.2) is 0 Å². The van der Waals surface area contributed by atoms with Gasteiger partial charge in [0.1, 0.15) is 0 Å². The predicted molar refractivity (Wildman–Crippen MR) is 85.3 cm³/mol. The van der Waals surface area contributed by atoms with Gasteiger partial charge in [-0.3, -0.25) is 4.79 Å². The van der Waals surface area contributed by atoms with Gasteiger partial charge in [-0.2, -0.15) is 0 Å². The highest BCUT2D eigenvalue weighted by Gasteiger charge is 2.40. The first-order chi connectivity index (χ1) is 9.38. The van der Waals surface area contributed by atoms with Gasteiger partial charge in [0.2, 0.25) is 0 Å². The second kappa shape index (κ2) is 7.57. The van der Waals surface area contributed by atoms with Crippen LogP contribution in [0.2, 0.25) is 17.1 Å². The molecule has 0 spiro atoms. The molecule has 112 valence electrons. The fourth-order valence-electron chi connectivity index (χ4n) is 2.50. The molecule has 0 bridgehead atoms. The van der Waals surface area contributed by atoms with Crippen molar-refractivity contribution in [2.75, 3.05) is 6.54 Å². The maximum Gasteiger partial charge on any atom is 0.252 e. The Balaban J connectivity index is 2.40. The van der Waals surface area contributed by atoms with Crippen molar-refractivity contribution in [1.82, 2.24) is 5.32 Å². The highest BCUT2D eigenvalue weighted by molar-refractivity contribution is 6.75. The molecule has 1 N–H and O–H groups in total. The number of hydrogen-bond acceptors (Lipinski definition) is 1. The fraction of sp³-hybridized carbons (Fsp3) is 0.562. The zero-order valence-corrected chi connectivity index (χ0v) is 13.9. The van der Waals surface area contributed by atoms with Crippen molar-refractivity contribution in [3.63, 3.8) is 0 Å². The van der Waals surface area contributed by atoms with E-state index in [4.69, 9.17) is 0 Å². The van der Waals surface area contributed by atoms with Gasteiger partial charge in [-0.1, -0.05) is 45.9 Å². The smallest absolute Gasteiger partial charge is 0.252 e. The second-order valence-corrected chi connectivity index (χ2v) is 10.6. The van der Waals surface area contributed by atoms with E-state index in [0.717, 1.165) is 6.42 Å². The third-order valence-corrected chi connectivity index (χ3v) is 8.94. The van der Waals surface area contributed by atoms with E-state index in [2.05, 4.69) is 5.32 Å². The normalized spacial score (nSPS) is 11.9. The maximum absolute atomic E-state index is 14.9. The Morgan fingerprint density at radius 2 is 1.70 bits per heavy atom. The summed E-state index contributed by atoms with van der Waals surface area (Å²) in [7, 11) is -2.71. The largest absolute Gasteiger partial charge is 0.352 e. The fourth-order valence-corrected chi connectivity index (χ4v) is 5.70. The molecule has 0 unspecified atom stereocenters. The standard InChI is InChI=1S/C16H26FNOSi/c1-13(2)20(17,14(3)4)12-8-11-18-16(19)15-9-6-5-7-10-15/h5-7,9-10,13-14H,8,11-12H2,1-4H3,(H,18,19). The number of amides is 1. The van der Waals surface area contributed by atoms with Gasteiger partial charge < -0.3 is 9.42 Å². The van der Waals surface area contributed by atoms with Crippen molar-refractivity contribution in [3.05, 3.63) is 35.9 Å². The third kappa shape index (κ3) is 4.44. The van der Waals surface area contributed by atoms with Crippen LogP contribution in [-0.4, -0.2) is 20.9 Å². The van der Waals surface area contributed by atoms with Crippen molar-refractivity contribution in [2.24, 2.45) is 0 Å². The quantitative estimate of drug-likeness (QED) is 0.446. The molecule has 0 aliphatic rings. The van der Waals surface area contributed by atoms with E-state index in [1.165, 1.54) is 0 Å². The van der Waals surface area contributed by atoms with Gasteiger partial charge in [-0.15, -0.1) is 0 Å². The molecular weight excluding hydrogens is 269 g/mol. The van der Waals surface area contributed by atoms with Crippen molar-refractivity contribution >= 4 is 14.3 Å². The molecule has 0 aliphatic heterocycles. The van der Waals surface area contributed by atoms with Crippen LogP contribution in [-0.2, 0) is 0 Å². The molecule has 0 fully saturated rings. The van der Waals surface area contributed by atoms with E-state index < -0.39 is 8.41 Å². The molecule has 0 heterocycles. The summed E-state index contributed by atoms with van der Waals surface area (Å²) in [5.74, 6) is -0.0779. The van der Waals surface area contributed by atoms with Crippen molar-refractivity contribution < 1.29 is 8.90 Å². The summed E-state index contributed by atoms with van der Waals surface area (Å²) in [6.07, 6.45) is 0.720. The van der Waals surface area contributed by atoms with Crippen LogP contribution in [0, 0.1) is 0 Å². The molecule has 1 aromatic rings. The van der Waals surface area contributed by atoms with E-state index in [1.54, 1.807) is 12.1 Å². The Morgan fingerprint density at radius 3 is 2.20 bits per heavy atom. The number of nitrogens with one attached hydrogen (secondary N) is 1. The highest BCUT2D eigenvalue weighted by Crippen LogP contribution is 2.37. The average molecular weight is 295 g/mol. The number of benzene rings is 1. The van der Waals surface area contributed by atoms with Crippen LogP contribution >= 0.6 is 0 Å². The molecule has 1 amide bonds. The molecule has 0 saturated carbocycles. The summed E-state index contributed by atoms with van der Waals surface area (Å²) in [5, 5.41) is 2.87. The summed E-state index contributed by atoms with van der Waals surface area (Å²) < 4.78 is 14.9. The Hall–Kier alpha value is -1.16. The van der Waals surface area contributed by atoms with Crippen LogP contribution in [0.15, 0.2) is 30.3 Å². The molecule has 0 aromatic heterocycles. The lowest BCUT2D eigenvalue weighted by molar-refractivity contribution is 0.0953. The van der Waals surface area contributed by atoms with Crippen LogP contribution in [0.5, 0.6) is 0 Å². The van der Waals surface area contributed by atoms with Crippen molar-refractivity contribution in [3.8, 4) is 0 Å². The van der Waals surface area contributed by atoms with Crippen LogP contribution in [0.3, 0.4) is 0 Å². The van der Waals surface area contributed by atoms with Crippen molar-refractivity contribution in [1.29, 1.82) is 0 Å². The summed E-state index contributed by atoms with van der Waals surface area (Å²) >= 11 is 0. The Labute approximate surface area is 123 Å². The maximum atomic E-state index is 14.9. The first-order valence-electron chi connectivity index (χ1n) is 7.40. The lowest BCUT2D eigenvalue weighted by atomic mass is 10.2. The number of hydrogen-bond donors (Lipinski definition) is 1. The van der Waals surface area contributed by atoms with Gasteiger partial charge in [0, 0.05) is 12.1 Å². The molecule has 0 aliphatic carbocycles. The summed E-state index contributed by atoms with van der Waals surface area (Å²) in [6.45, 7) is 8.47.